The maximum atomic E-state index is 11.0. The molecule has 1 aliphatic rings. The van der Waals surface area contributed by atoms with E-state index in [2.05, 4.69) is 11.4 Å². The van der Waals surface area contributed by atoms with E-state index in [-0.39, 0.29) is 18.5 Å². The van der Waals surface area contributed by atoms with E-state index in [1.165, 1.54) is 25.7 Å². The van der Waals surface area contributed by atoms with Gasteiger partial charge in [0.1, 0.15) is 0 Å². The van der Waals surface area contributed by atoms with Crippen LogP contribution in [-0.4, -0.2) is 12.5 Å². The molecule has 2 rings (SSSR count). The van der Waals surface area contributed by atoms with Gasteiger partial charge in [0, 0.05) is 11.1 Å². The lowest BCUT2D eigenvalue weighted by atomic mass is 9.91. The summed E-state index contributed by atoms with van der Waals surface area (Å²) in [6.45, 7) is 0.216. The summed E-state index contributed by atoms with van der Waals surface area (Å²) in [5, 5.41) is 4.00. The first kappa shape index (κ1) is 13.4. The lowest BCUT2D eigenvalue weighted by Gasteiger charge is -2.25. The number of hydrogen-bond acceptors (Lipinski definition) is 2. The predicted octanol–water partition coefficient (Wildman–Crippen LogP) is 2.65. The van der Waals surface area contributed by atoms with Gasteiger partial charge in [-0.2, -0.15) is 0 Å². The molecule has 1 atom stereocenters. The number of rotatable bonds is 5. The molecular weight excluding hydrogens is 248 g/mol. The van der Waals surface area contributed by atoms with Crippen molar-refractivity contribution in [1.29, 1.82) is 0 Å². The molecule has 4 heteroatoms. The monoisotopic (exact) mass is 266 g/mol. The molecule has 0 heterocycles. The van der Waals surface area contributed by atoms with Crippen LogP contribution in [0.5, 0.6) is 0 Å². The highest BCUT2D eigenvalue weighted by Crippen LogP contribution is 2.36. The maximum absolute atomic E-state index is 11.0. The molecule has 0 unspecified atom stereocenters. The van der Waals surface area contributed by atoms with Crippen LogP contribution in [0.2, 0.25) is 5.02 Å². The van der Waals surface area contributed by atoms with E-state index in [9.17, 15) is 4.79 Å². The number of hydrogen-bond donors (Lipinski definition) is 2. The van der Waals surface area contributed by atoms with Crippen molar-refractivity contribution in [2.45, 2.75) is 31.7 Å². The fraction of sp³-hybridized carbons (Fsp3) is 0.500. The molecule has 1 aromatic rings. The number of nitrogens with two attached hydrogens (primary N) is 1. The topological polar surface area (TPSA) is 55.1 Å². The van der Waals surface area contributed by atoms with Crippen molar-refractivity contribution in [2.24, 2.45) is 11.7 Å². The minimum absolute atomic E-state index is 0.179. The van der Waals surface area contributed by atoms with Gasteiger partial charge in [0.05, 0.1) is 6.54 Å². The average molecular weight is 267 g/mol. The van der Waals surface area contributed by atoms with Crippen LogP contribution in [0.15, 0.2) is 24.3 Å². The first-order valence-electron chi connectivity index (χ1n) is 6.44. The van der Waals surface area contributed by atoms with E-state index in [0.29, 0.717) is 5.92 Å². The van der Waals surface area contributed by atoms with E-state index in [1.54, 1.807) is 0 Å². The second kappa shape index (κ2) is 6.21. The van der Waals surface area contributed by atoms with E-state index in [0.717, 1.165) is 10.6 Å². The second-order valence-electron chi connectivity index (χ2n) is 4.92. The summed E-state index contributed by atoms with van der Waals surface area (Å²) in [6.07, 6.45) is 4.92. The van der Waals surface area contributed by atoms with Gasteiger partial charge in [-0.25, -0.2) is 0 Å². The molecule has 98 valence electrons. The molecule has 1 aromatic carbocycles. The standard InChI is InChI=1S/C14H19ClN2O/c15-12-7-3-6-11(8-12)14(17-9-13(16)18)10-4-1-2-5-10/h3,6-8,10,14,17H,1-2,4-5,9H2,(H2,16,18)/t14-/m1/s1. The number of nitrogens with one attached hydrogen (secondary N) is 1. The Labute approximate surface area is 113 Å². The second-order valence-corrected chi connectivity index (χ2v) is 5.36. The minimum atomic E-state index is -0.319. The van der Waals surface area contributed by atoms with Crippen LogP contribution in [-0.2, 0) is 4.79 Å². The predicted molar refractivity (Wildman–Crippen MR) is 73.3 cm³/mol. The molecule has 1 amide bonds. The number of halogens is 1. The number of carbonyl (C=O) groups is 1. The first-order valence-corrected chi connectivity index (χ1v) is 6.82. The molecule has 1 saturated carbocycles. The third kappa shape index (κ3) is 3.47. The van der Waals surface area contributed by atoms with Gasteiger partial charge in [-0.15, -0.1) is 0 Å². The summed E-state index contributed by atoms with van der Waals surface area (Å²) < 4.78 is 0. The van der Waals surface area contributed by atoms with Crippen LogP contribution in [0, 0.1) is 5.92 Å². The molecule has 18 heavy (non-hydrogen) atoms. The highest BCUT2D eigenvalue weighted by Gasteiger charge is 2.26. The Morgan fingerprint density at radius 1 is 1.44 bits per heavy atom. The van der Waals surface area contributed by atoms with E-state index in [1.807, 2.05) is 18.2 Å². The highest BCUT2D eigenvalue weighted by molar-refractivity contribution is 6.30. The van der Waals surface area contributed by atoms with Crippen LogP contribution in [0.3, 0.4) is 0 Å². The van der Waals surface area contributed by atoms with Crippen LogP contribution in [0.4, 0.5) is 0 Å². The molecule has 0 saturated heterocycles. The van der Waals surface area contributed by atoms with Crippen LogP contribution >= 0.6 is 11.6 Å². The SMILES string of the molecule is NC(=O)CN[C@@H](c1cccc(Cl)c1)C1CCCC1. The average Bonchev–Trinajstić information content (AvgIpc) is 2.83. The Balaban J connectivity index is 2.14. The Morgan fingerprint density at radius 3 is 2.78 bits per heavy atom. The van der Waals surface area contributed by atoms with Crippen LogP contribution < -0.4 is 11.1 Å². The molecular formula is C14H19ClN2O. The molecule has 0 aliphatic heterocycles. The Hall–Kier alpha value is -1.06. The normalized spacial score (nSPS) is 17.8. The van der Waals surface area contributed by atoms with Crippen LogP contribution in [0.25, 0.3) is 0 Å². The molecule has 3 N–H and O–H groups in total. The van der Waals surface area contributed by atoms with Gasteiger partial charge < -0.3 is 11.1 Å². The van der Waals surface area contributed by atoms with E-state index in [4.69, 9.17) is 17.3 Å². The van der Waals surface area contributed by atoms with Gasteiger partial charge in [0.25, 0.3) is 0 Å². The smallest absolute Gasteiger partial charge is 0.231 e. The largest absolute Gasteiger partial charge is 0.369 e. The quantitative estimate of drug-likeness (QED) is 0.861. The van der Waals surface area contributed by atoms with Gasteiger partial charge in [0.2, 0.25) is 5.91 Å². The highest BCUT2D eigenvalue weighted by atomic mass is 35.5. The summed E-state index contributed by atoms with van der Waals surface area (Å²) in [5.41, 5.74) is 6.37. The lowest BCUT2D eigenvalue weighted by molar-refractivity contribution is -0.117. The van der Waals surface area contributed by atoms with Gasteiger partial charge in [-0.3, -0.25) is 4.79 Å². The lowest BCUT2D eigenvalue weighted by Crippen LogP contribution is -2.34. The Kier molecular flexibility index (Phi) is 4.61. The molecule has 1 aliphatic carbocycles. The summed E-state index contributed by atoms with van der Waals surface area (Å²) in [7, 11) is 0. The maximum Gasteiger partial charge on any atom is 0.231 e. The van der Waals surface area contributed by atoms with Crippen molar-refractivity contribution in [3.05, 3.63) is 34.9 Å². The molecule has 1 fully saturated rings. The van der Waals surface area contributed by atoms with Gasteiger partial charge in [-0.05, 0) is 36.5 Å². The summed E-state index contributed by atoms with van der Waals surface area (Å²) in [6, 6.07) is 8.02. The zero-order valence-electron chi connectivity index (χ0n) is 10.4. The number of carbonyl (C=O) groups excluding carboxylic acids is 1. The molecule has 0 radical (unpaired) electrons. The molecule has 0 spiro atoms. The third-order valence-electron chi connectivity index (χ3n) is 3.58. The van der Waals surface area contributed by atoms with Crippen LogP contribution in [0.1, 0.15) is 37.3 Å². The third-order valence-corrected chi connectivity index (χ3v) is 3.81. The Morgan fingerprint density at radius 2 is 2.17 bits per heavy atom. The fourth-order valence-electron chi connectivity index (χ4n) is 2.76. The zero-order chi connectivity index (χ0) is 13.0. The molecule has 3 nitrogen and oxygen atoms in total. The number of benzene rings is 1. The number of primary amides is 1. The molecule has 0 aromatic heterocycles. The summed E-state index contributed by atoms with van der Waals surface area (Å²) in [5.74, 6) is 0.253. The van der Waals surface area contributed by atoms with Crippen molar-refractivity contribution in [2.75, 3.05) is 6.54 Å². The van der Waals surface area contributed by atoms with E-state index >= 15 is 0 Å². The van der Waals surface area contributed by atoms with Crippen molar-refractivity contribution < 1.29 is 4.79 Å². The number of amides is 1. The van der Waals surface area contributed by atoms with Crippen molar-refractivity contribution in [3.63, 3.8) is 0 Å². The van der Waals surface area contributed by atoms with Gasteiger partial charge in [-0.1, -0.05) is 36.6 Å². The zero-order valence-corrected chi connectivity index (χ0v) is 11.1. The Bertz CT molecular complexity index is 416. The summed E-state index contributed by atoms with van der Waals surface area (Å²) in [4.78, 5) is 11.0. The van der Waals surface area contributed by atoms with Crippen molar-refractivity contribution in [3.8, 4) is 0 Å². The van der Waals surface area contributed by atoms with Crippen molar-refractivity contribution in [1.82, 2.24) is 5.32 Å². The summed E-state index contributed by atoms with van der Waals surface area (Å²) >= 11 is 6.04. The van der Waals surface area contributed by atoms with Gasteiger partial charge in [0.15, 0.2) is 0 Å². The van der Waals surface area contributed by atoms with Gasteiger partial charge >= 0.3 is 0 Å². The van der Waals surface area contributed by atoms with Crippen molar-refractivity contribution >= 4 is 17.5 Å². The van der Waals surface area contributed by atoms with E-state index < -0.39 is 0 Å². The molecule has 0 bridgehead atoms. The fourth-order valence-corrected chi connectivity index (χ4v) is 2.96. The minimum Gasteiger partial charge on any atom is -0.369 e. The first-order chi connectivity index (χ1) is 8.66.